The van der Waals surface area contributed by atoms with E-state index in [1.54, 1.807) is 0 Å². The molecule has 1 amide bonds. The number of aromatic nitrogens is 2. The summed E-state index contributed by atoms with van der Waals surface area (Å²) in [5.74, 6) is -1.15. The SMILES string of the molecule is Cc1nn(Cc2ccccc2)c(C)c1CNC(=O)c1cc(F)c(Cl)cc1Cl. The number of halogens is 3. The number of carbonyl (C=O) groups excluding carboxylic acids is 1. The number of hydrogen-bond donors (Lipinski definition) is 1. The molecule has 3 rings (SSSR count). The van der Waals surface area contributed by atoms with Gasteiger partial charge in [0.2, 0.25) is 0 Å². The van der Waals surface area contributed by atoms with Crippen LogP contribution < -0.4 is 5.32 Å². The van der Waals surface area contributed by atoms with Crippen LogP contribution in [-0.4, -0.2) is 15.7 Å². The minimum atomic E-state index is -0.686. The number of benzene rings is 2. The fourth-order valence-corrected chi connectivity index (χ4v) is 3.33. The van der Waals surface area contributed by atoms with Crippen molar-refractivity contribution in [2.75, 3.05) is 0 Å². The minimum Gasteiger partial charge on any atom is -0.348 e. The second-order valence-electron chi connectivity index (χ2n) is 6.22. The molecule has 0 atom stereocenters. The number of nitrogens with zero attached hydrogens (tertiary/aromatic N) is 2. The normalized spacial score (nSPS) is 10.9. The summed E-state index contributed by atoms with van der Waals surface area (Å²) < 4.78 is 15.5. The van der Waals surface area contributed by atoms with Crippen LogP contribution in [0.3, 0.4) is 0 Å². The standard InChI is InChI=1S/C20H18Cl2FN3O/c1-12-16(13(2)26(25-12)11-14-6-4-3-5-7-14)10-24-20(27)15-8-19(23)18(22)9-17(15)21/h3-9H,10-11H2,1-2H3,(H,24,27). The molecule has 0 aliphatic rings. The van der Waals surface area contributed by atoms with E-state index in [1.807, 2.05) is 48.9 Å². The molecule has 0 aliphatic heterocycles. The summed E-state index contributed by atoms with van der Waals surface area (Å²) in [6.07, 6.45) is 0. The molecule has 1 N–H and O–H groups in total. The number of carbonyl (C=O) groups is 1. The molecule has 2 aromatic carbocycles. The van der Waals surface area contributed by atoms with E-state index in [9.17, 15) is 9.18 Å². The fourth-order valence-electron chi connectivity index (χ4n) is 2.86. The lowest BCUT2D eigenvalue weighted by molar-refractivity contribution is 0.0950. The highest BCUT2D eigenvalue weighted by Crippen LogP contribution is 2.24. The Labute approximate surface area is 166 Å². The van der Waals surface area contributed by atoms with Gasteiger partial charge in [-0.05, 0) is 31.5 Å². The predicted octanol–water partition coefficient (Wildman–Crippen LogP) is 4.92. The zero-order valence-corrected chi connectivity index (χ0v) is 16.4. The highest BCUT2D eigenvalue weighted by atomic mass is 35.5. The predicted molar refractivity (Wildman–Crippen MR) is 105 cm³/mol. The smallest absolute Gasteiger partial charge is 0.253 e. The molecule has 3 aromatic rings. The lowest BCUT2D eigenvalue weighted by atomic mass is 10.1. The summed E-state index contributed by atoms with van der Waals surface area (Å²) in [5.41, 5.74) is 3.90. The van der Waals surface area contributed by atoms with E-state index in [1.165, 1.54) is 6.07 Å². The number of hydrogen-bond acceptors (Lipinski definition) is 2. The molecule has 27 heavy (non-hydrogen) atoms. The molecule has 0 saturated heterocycles. The van der Waals surface area contributed by atoms with Crippen molar-refractivity contribution in [2.45, 2.75) is 26.9 Å². The van der Waals surface area contributed by atoms with Crippen molar-refractivity contribution < 1.29 is 9.18 Å². The van der Waals surface area contributed by atoms with E-state index in [0.717, 1.165) is 28.6 Å². The van der Waals surface area contributed by atoms with Crippen LogP contribution in [-0.2, 0) is 13.1 Å². The number of rotatable bonds is 5. The van der Waals surface area contributed by atoms with Crippen LogP contribution >= 0.6 is 23.2 Å². The topological polar surface area (TPSA) is 46.9 Å². The first kappa shape index (κ1) is 19.4. The molecule has 0 aliphatic carbocycles. The first-order valence-electron chi connectivity index (χ1n) is 8.36. The second kappa shape index (κ2) is 8.11. The molecular formula is C20H18Cl2FN3O. The van der Waals surface area contributed by atoms with Crippen LogP contribution in [0.2, 0.25) is 10.0 Å². The van der Waals surface area contributed by atoms with Gasteiger partial charge >= 0.3 is 0 Å². The third kappa shape index (κ3) is 4.31. The fraction of sp³-hybridized carbons (Fsp3) is 0.200. The van der Waals surface area contributed by atoms with Crippen molar-refractivity contribution in [3.05, 3.63) is 86.4 Å². The van der Waals surface area contributed by atoms with Gasteiger partial charge in [0.05, 0.1) is 27.8 Å². The Morgan fingerprint density at radius 3 is 2.56 bits per heavy atom. The Bertz CT molecular complexity index is 987. The van der Waals surface area contributed by atoms with Crippen LogP contribution in [0.4, 0.5) is 4.39 Å². The Hall–Kier alpha value is -2.37. The number of amides is 1. The van der Waals surface area contributed by atoms with Crippen molar-refractivity contribution >= 4 is 29.1 Å². The molecule has 0 radical (unpaired) electrons. The summed E-state index contributed by atoms with van der Waals surface area (Å²) in [6.45, 7) is 4.77. The van der Waals surface area contributed by atoms with Gasteiger partial charge in [0, 0.05) is 17.8 Å². The van der Waals surface area contributed by atoms with Crippen molar-refractivity contribution in [1.82, 2.24) is 15.1 Å². The Morgan fingerprint density at radius 1 is 1.15 bits per heavy atom. The van der Waals surface area contributed by atoms with E-state index in [2.05, 4.69) is 10.4 Å². The van der Waals surface area contributed by atoms with E-state index < -0.39 is 11.7 Å². The third-order valence-corrected chi connectivity index (χ3v) is 4.99. The van der Waals surface area contributed by atoms with Crippen molar-refractivity contribution in [2.24, 2.45) is 0 Å². The molecule has 0 spiro atoms. The van der Waals surface area contributed by atoms with Gasteiger partial charge in [0.15, 0.2) is 0 Å². The molecule has 0 bridgehead atoms. The van der Waals surface area contributed by atoms with Gasteiger partial charge < -0.3 is 5.32 Å². The van der Waals surface area contributed by atoms with Crippen LogP contribution in [0, 0.1) is 19.7 Å². The van der Waals surface area contributed by atoms with Gasteiger partial charge in [-0.2, -0.15) is 5.10 Å². The quantitative estimate of drug-likeness (QED) is 0.612. The van der Waals surface area contributed by atoms with Gasteiger partial charge in [0.1, 0.15) is 5.82 Å². The van der Waals surface area contributed by atoms with Crippen molar-refractivity contribution in [3.63, 3.8) is 0 Å². The maximum atomic E-state index is 13.6. The van der Waals surface area contributed by atoms with Crippen molar-refractivity contribution in [3.8, 4) is 0 Å². The first-order valence-corrected chi connectivity index (χ1v) is 9.12. The highest BCUT2D eigenvalue weighted by Gasteiger charge is 2.17. The van der Waals surface area contributed by atoms with Crippen LogP contribution in [0.5, 0.6) is 0 Å². The average Bonchev–Trinajstić information content (AvgIpc) is 2.90. The molecule has 0 fully saturated rings. The monoisotopic (exact) mass is 405 g/mol. The molecule has 0 unspecified atom stereocenters. The molecular weight excluding hydrogens is 388 g/mol. The van der Waals surface area contributed by atoms with Crippen LogP contribution in [0.1, 0.15) is 32.9 Å². The lowest BCUT2D eigenvalue weighted by Gasteiger charge is -2.09. The third-order valence-electron chi connectivity index (χ3n) is 4.39. The number of aryl methyl sites for hydroxylation is 1. The number of nitrogens with one attached hydrogen (secondary N) is 1. The Balaban J connectivity index is 1.75. The zero-order valence-electron chi connectivity index (χ0n) is 14.9. The molecule has 4 nitrogen and oxygen atoms in total. The highest BCUT2D eigenvalue weighted by molar-refractivity contribution is 6.36. The Morgan fingerprint density at radius 2 is 1.85 bits per heavy atom. The second-order valence-corrected chi connectivity index (χ2v) is 7.04. The average molecular weight is 406 g/mol. The van der Waals surface area contributed by atoms with E-state index in [0.29, 0.717) is 6.54 Å². The first-order chi connectivity index (χ1) is 12.9. The Kier molecular flexibility index (Phi) is 5.82. The minimum absolute atomic E-state index is 0.0468. The summed E-state index contributed by atoms with van der Waals surface area (Å²) in [6, 6.07) is 12.3. The summed E-state index contributed by atoms with van der Waals surface area (Å²) in [7, 11) is 0. The maximum absolute atomic E-state index is 13.6. The van der Waals surface area contributed by atoms with E-state index in [-0.39, 0.29) is 22.2 Å². The van der Waals surface area contributed by atoms with Gasteiger partial charge in [-0.1, -0.05) is 53.5 Å². The summed E-state index contributed by atoms with van der Waals surface area (Å²) in [4.78, 5) is 12.4. The summed E-state index contributed by atoms with van der Waals surface area (Å²) >= 11 is 11.7. The van der Waals surface area contributed by atoms with Gasteiger partial charge in [-0.3, -0.25) is 9.48 Å². The van der Waals surface area contributed by atoms with Gasteiger partial charge in [0.25, 0.3) is 5.91 Å². The van der Waals surface area contributed by atoms with E-state index >= 15 is 0 Å². The zero-order chi connectivity index (χ0) is 19.6. The lowest BCUT2D eigenvalue weighted by Crippen LogP contribution is -2.24. The maximum Gasteiger partial charge on any atom is 0.253 e. The molecule has 140 valence electrons. The van der Waals surface area contributed by atoms with Crippen LogP contribution in [0.15, 0.2) is 42.5 Å². The van der Waals surface area contributed by atoms with Gasteiger partial charge in [-0.15, -0.1) is 0 Å². The van der Waals surface area contributed by atoms with Gasteiger partial charge in [-0.25, -0.2) is 4.39 Å². The molecule has 0 saturated carbocycles. The van der Waals surface area contributed by atoms with Crippen molar-refractivity contribution in [1.29, 1.82) is 0 Å². The van der Waals surface area contributed by atoms with Crippen LogP contribution in [0.25, 0.3) is 0 Å². The molecule has 1 heterocycles. The molecule has 7 heteroatoms. The largest absolute Gasteiger partial charge is 0.348 e. The van der Waals surface area contributed by atoms with E-state index in [4.69, 9.17) is 23.2 Å². The molecule has 1 aromatic heterocycles. The summed E-state index contributed by atoms with van der Waals surface area (Å²) in [5, 5.41) is 7.32.